The molecule has 3 rings (SSSR count). The van der Waals surface area contributed by atoms with Crippen molar-refractivity contribution in [3.05, 3.63) is 53.9 Å². The molecule has 1 aromatic carbocycles. The average molecular weight is 268 g/mol. The Morgan fingerprint density at radius 2 is 2.20 bits per heavy atom. The lowest BCUT2D eigenvalue weighted by molar-refractivity contribution is 0.0697. The maximum atomic E-state index is 11.0. The van der Waals surface area contributed by atoms with Crippen LogP contribution in [-0.2, 0) is 13.0 Å². The van der Waals surface area contributed by atoms with E-state index in [1.165, 1.54) is 6.07 Å². The predicted octanol–water partition coefficient (Wildman–Crippen LogP) is 1.77. The number of aromatic carboxylic acids is 1. The van der Waals surface area contributed by atoms with Gasteiger partial charge in [0.1, 0.15) is 5.52 Å². The van der Waals surface area contributed by atoms with E-state index in [2.05, 4.69) is 15.3 Å². The Hall–Kier alpha value is -2.76. The molecule has 2 heterocycles. The molecule has 2 aromatic heterocycles. The lowest BCUT2D eigenvalue weighted by atomic mass is 10.2. The van der Waals surface area contributed by atoms with E-state index in [0.717, 1.165) is 17.5 Å². The van der Waals surface area contributed by atoms with Crippen molar-refractivity contribution in [3.63, 3.8) is 0 Å². The molecule has 0 aliphatic rings. The zero-order valence-corrected chi connectivity index (χ0v) is 10.6. The number of carboxylic acid groups (broad SMARTS) is 1. The summed E-state index contributed by atoms with van der Waals surface area (Å²) in [7, 11) is 0. The first-order chi connectivity index (χ1) is 9.74. The van der Waals surface area contributed by atoms with Crippen LogP contribution in [0.25, 0.3) is 11.0 Å². The molecule has 0 fully saturated rings. The van der Waals surface area contributed by atoms with Gasteiger partial charge >= 0.3 is 5.97 Å². The number of aryl methyl sites for hydroxylation is 2. The van der Waals surface area contributed by atoms with Gasteiger partial charge in [0.05, 0.1) is 11.1 Å². The summed E-state index contributed by atoms with van der Waals surface area (Å²) < 4.78 is 1.72. The molecule has 0 saturated heterocycles. The van der Waals surface area contributed by atoms with Crippen LogP contribution in [0.3, 0.4) is 0 Å². The number of hydrogen-bond donors (Lipinski definition) is 1. The summed E-state index contributed by atoms with van der Waals surface area (Å²) in [6, 6.07) is 8.68. The Morgan fingerprint density at radius 3 is 2.95 bits per heavy atom. The molecular formula is C14H12N4O2. The molecule has 0 atom stereocenters. The monoisotopic (exact) mass is 268 g/mol. The van der Waals surface area contributed by atoms with Crippen molar-refractivity contribution in [2.24, 2.45) is 0 Å². The van der Waals surface area contributed by atoms with Crippen LogP contribution < -0.4 is 0 Å². The molecule has 0 saturated carbocycles. The standard InChI is InChI=1S/C14H12N4O2/c19-14(20)11-3-4-12-13(8-11)18(17-16-12)7-5-10-2-1-6-15-9-10/h1-4,6,8-9H,5,7H2,(H,19,20). The first-order valence-corrected chi connectivity index (χ1v) is 6.19. The Labute approximate surface area is 114 Å². The third-order valence-electron chi connectivity index (χ3n) is 3.10. The fraction of sp³-hybridized carbons (Fsp3) is 0.143. The highest BCUT2D eigenvalue weighted by atomic mass is 16.4. The van der Waals surface area contributed by atoms with Crippen molar-refractivity contribution in [2.45, 2.75) is 13.0 Å². The van der Waals surface area contributed by atoms with Crippen molar-refractivity contribution in [3.8, 4) is 0 Å². The molecule has 6 heteroatoms. The number of fused-ring (bicyclic) bond motifs is 1. The number of carbonyl (C=O) groups is 1. The predicted molar refractivity (Wildman–Crippen MR) is 72.4 cm³/mol. The third kappa shape index (κ3) is 2.35. The van der Waals surface area contributed by atoms with Gasteiger partial charge in [-0.15, -0.1) is 5.10 Å². The minimum absolute atomic E-state index is 0.238. The lowest BCUT2D eigenvalue weighted by Crippen LogP contribution is -2.04. The highest BCUT2D eigenvalue weighted by Gasteiger charge is 2.09. The number of rotatable bonds is 4. The molecule has 0 spiro atoms. The number of benzene rings is 1. The SMILES string of the molecule is O=C(O)c1ccc2nnn(CCc3cccnc3)c2c1. The molecule has 0 aliphatic heterocycles. The first-order valence-electron chi connectivity index (χ1n) is 6.19. The number of pyridine rings is 1. The van der Waals surface area contributed by atoms with E-state index in [-0.39, 0.29) is 5.56 Å². The van der Waals surface area contributed by atoms with Crippen molar-refractivity contribution < 1.29 is 9.90 Å². The second kappa shape index (κ2) is 5.08. The molecule has 0 bridgehead atoms. The summed E-state index contributed by atoms with van der Waals surface area (Å²) in [6.45, 7) is 0.630. The Bertz CT molecular complexity index is 752. The zero-order valence-electron chi connectivity index (χ0n) is 10.6. The molecule has 0 unspecified atom stereocenters. The van der Waals surface area contributed by atoms with Crippen LogP contribution >= 0.6 is 0 Å². The van der Waals surface area contributed by atoms with Crippen molar-refractivity contribution in [1.29, 1.82) is 0 Å². The summed E-state index contributed by atoms with van der Waals surface area (Å²) in [5.74, 6) is -0.952. The Kier molecular flexibility index (Phi) is 3.12. The topological polar surface area (TPSA) is 80.9 Å². The summed E-state index contributed by atoms with van der Waals surface area (Å²) >= 11 is 0. The van der Waals surface area contributed by atoms with Gasteiger partial charge in [-0.3, -0.25) is 4.98 Å². The molecule has 100 valence electrons. The van der Waals surface area contributed by atoms with E-state index in [9.17, 15) is 4.79 Å². The number of nitrogens with zero attached hydrogens (tertiary/aromatic N) is 4. The van der Waals surface area contributed by atoms with E-state index in [1.807, 2.05) is 18.3 Å². The van der Waals surface area contributed by atoms with Crippen molar-refractivity contribution in [1.82, 2.24) is 20.0 Å². The van der Waals surface area contributed by atoms with Crippen LogP contribution in [0.5, 0.6) is 0 Å². The normalized spacial score (nSPS) is 10.8. The molecule has 0 amide bonds. The van der Waals surface area contributed by atoms with Gasteiger partial charge in [-0.05, 0) is 36.2 Å². The van der Waals surface area contributed by atoms with Gasteiger partial charge in [0.25, 0.3) is 0 Å². The second-order valence-corrected chi connectivity index (χ2v) is 4.43. The molecule has 1 N–H and O–H groups in total. The Balaban J connectivity index is 1.88. The van der Waals surface area contributed by atoms with Gasteiger partial charge in [0.15, 0.2) is 0 Å². The molecule has 0 aliphatic carbocycles. The van der Waals surface area contributed by atoms with Gasteiger partial charge in [0.2, 0.25) is 0 Å². The Morgan fingerprint density at radius 1 is 1.30 bits per heavy atom. The van der Waals surface area contributed by atoms with E-state index in [4.69, 9.17) is 5.11 Å². The van der Waals surface area contributed by atoms with Crippen LogP contribution in [0.4, 0.5) is 0 Å². The van der Waals surface area contributed by atoms with Gasteiger partial charge in [-0.1, -0.05) is 11.3 Å². The van der Waals surface area contributed by atoms with Crippen LogP contribution in [0.15, 0.2) is 42.7 Å². The van der Waals surface area contributed by atoms with Crippen LogP contribution in [0.2, 0.25) is 0 Å². The van der Waals surface area contributed by atoms with E-state index >= 15 is 0 Å². The maximum Gasteiger partial charge on any atom is 0.335 e. The van der Waals surface area contributed by atoms with Crippen LogP contribution in [0, 0.1) is 0 Å². The summed E-state index contributed by atoms with van der Waals surface area (Å²) in [6.07, 6.45) is 4.30. The molecule has 0 radical (unpaired) electrons. The van der Waals surface area contributed by atoms with E-state index in [1.54, 1.807) is 23.0 Å². The number of aromatic nitrogens is 4. The highest BCUT2D eigenvalue weighted by Crippen LogP contribution is 2.14. The molecule has 6 nitrogen and oxygen atoms in total. The van der Waals surface area contributed by atoms with Crippen molar-refractivity contribution in [2.75, 3.05) is 0 Å². The van der Waals surface area contributed by atoms with E-state index < -0.39 is 5.97 Å². The quantitative estimate of drug-likeness (QED) is 0.779. The molecule has 20 heavy (non-hydrogen) atoms. The lowest BCUT2D eigenvalue weighted by Gasteiger charge is -2.03. The minimum Gasteiger partial charge on any atom is -0.478 e. The van der Waals surface area contributed by atoms with Crippen LogP contribution in [-0.4, -0.2) is 31.1 Å². The largest absolute Gasteiger partial charge is 0.478 e. The summed E-state index contributed by atoms with van der Waals surface area (Å²) in [5, 5.41) is 17.1. The van der Waals surface area contributed by atoms with Gasteiger partial charge in [0, 0.05) is 18.9 Å². The number of carboxylic acids is 1. The highest BCUT2D eigenvalue weighted by molar-refractivity contribution is 5.92. The zero-order chi connectivity index (χ0) is 13.9. The summed E-state index contributed by atoms with van der Waals surface area (Å²) in [5.41, 5.74) is 2.77. The molecular weight excluding hydrogens is 256 g/mol. The average Bonchev–Trinajstić information content (AvgIpc) is 2.88. The first kappa shape index (κ1) is 12.3. The van der Waals surface area contributed by atoms with E-state index in [0.29, 0.717) is 12.1 Å². The van der Waals surface area contributed by atoms with Crippen molar-refractivity contribution >= 4 is 17.0 Å². The van der Waals surface area contributed by atoms with Gasteiger partial charge in [-0.2, -0.15) is 0 Å². The summed E-state index contributed by atoms with van der Waals surface area (Å²) in [4.78, 5) is 15.1. The third-order valence-corrected chi connectivity index (χ3v) is 3.10. The fourth-order valence-electron chi connectivity index (χ4n) is 2.04. The second-order valence-electron chi connectivity index (χ2n) is 4.43. The smallest absolute Gasteiger partial charge is 0.335 e. The maximum absolute atomic E-state index is 11.0. The fourth-order valence-corrected chi connectivity index (χ4v) is 2.04. The van der Waals surface area contributed by atoms with Crippen LogP contribution in [0.1, 0.15) is 15.9 Å². The molecule has 3 aromatic rings. The minimum atomic E-state index is -0.952. The number of hydrogen-bond acceptors (Lipinski definition) is 4. The van der Waals surface area contributed by atoms with Gasteiger partial charge in [-0.25, -0.2) is 9.48 Å². The van der Waals surface area contributed by atoms with Gasteiger partial charge < -0.3 is 5.11 Å².